The summed E-state index contributed by atoms with van der Waals surface area (Å²) in [6.07, 6.45) is 0. The van der Waals surface area contributed by atoms with Crippen molar-refractivity contribution in [3.05, 3.63) is 22.3 Å². The number of hydrogen-bond donors (Lipinski definition) is 1. The standard InChI is InChI=1S/C10H4O6/c1-6(2-11)7(3-12)8(4-13)9(5-14)10(15)16/h1H3,(H,15,16). The third-order valence-electron chi connectivity index (χ3n) is 1.55. The fraction of sp³-hybridized carbons (Fsp3) is 0.100. The molecule has 6 heteroatoms. The molecule has 0 rings (SSSR count). The molecule has 0 unspecified atom stereocenters. The first-order valence-electron chi connectivity index (χ1n) is 3.74. The van der Waals surface area contributed by atoms with Crippen molar-refractivity contribution in [3.8, 4) is 0 Å². The van der Waals surface area contributed by atoms with Crippen LogP contribution in [0, 0.1) is 0 Å². The van der Waals surface area contributed by atoms with Crippen molar-refractivity contribution < 1.29 is 29.1 Å². The highest BCUT2D eigenvalue weighted by Gasteiger charge is 2.22. The lowest BCUT2D eigenvalue weighted by atomic mass is 9.97. The zero-order valence-electron chi connectivity index (χ0n) is 7.99. The van der Waals surface area contributed by atoms with E-state index in [1.54, 1.807) is 0 Å². The van der Waals surface area contributed by atoms with Crippen LogP contribution in [0.2, 0.25) is 0 Å². The molecule has 0 heterocycles. The Balaban J connectivity index is 5.97. The van der Waals surface area contributed by atoms with E-state index < -0.39 is 22.7 Å². The lowest BCUT2D eigenvalue weighted by Gasteiger charge is -1.99. The first-order chi connectivity index (χ1) is 7.53. The van der Waals surface area contributed by atoms with E-state index in [0.29, 0.717) is 0 Å². The molecule has 0 aliphatic heterocycles. The molecular weight excluding hydrogens is 216 g/mol. The number of hydrogen-bond acceptors (Lipinski definition) is 5. The van der Waals surface area contributed by atoms with Gasteiger partial charge in [-0.15, -0.1) is 0 Å². The second kappa shape index (κ2) is 5.89. The van der Waals surface area contributed by atoms with Crippen molar-refractivity contribution in [1.82, 2.24) is 0 Å². The smallest absolute Gasteiger partial charge is 0.348 e. The van der Waals surface area contributed by atoms with Crippen molar-refractivity contribution in [3.63, 3.8) is 0 Å². The van der Waals surface area contributed by atoms with Gasteiger partial charge in [-0.1, -0.05) is 0 Å². The van der Waals surface area contributed by atoms with Crippen LogP contribution in [0.15, 0.2) is 22.3 Å². The molecule has 0 spiro atoms. The molecule has 0 saturated carbocycles. The molecule has 0 aliphatic rings. The molecule has 0 aromatic carbocycles. The summed E-state index contributed by atoms with van der Waals surface area (Å²) in [6.45, 7) is 1.11. The Labute approximate surface area is 88.9 Å². The summed E-state index contributed by atoms with van der Waals surface area (Å²) in [5, 5.41) is 8.52. The first kappa shape index (κ1) is 13.3. The second-order valence-corrected chi connectivity index (χ2v) is 2.46. The molecular formula is C10H4O6. The van der Waals surface area contributed by atoms with E-state index in [2.05, 4.69) is 0 Å². The fourth-order valence-electron chi connectivity index (χ4n) is 0.795. The van der Waals surface area contributed by atoms with Crippen LogP contribution in [-0.2, 0) is 24.0 Å². The van der Waals surface area contributed by atoms with Gasteiger partial charge in [-0.2, -0.15) is 0 Å². The Morgan fingerprint density at radius 3 is 1.50 bits per heavy atom. The maximum atomic E-state index is 10.5. The van der Waals surface area contributed by atoms with Gasteiger partial charge >= 0.3 is 5.97 Å². The third kappa shape index (κ3) is 2.63. The second-order valence-electron chi connectivity index (χ2n) is 2.46. The number of rotatable bonds is 4. The highest BCUT2D eigenvalue weighted by molar-refractivity contribution is 6.07. The van der Waals surface area contributed by atoms with Crippen LogP contribution in [0.4, 0.5) is 0 Å². The molecule has 80 valence electrons. The molecule has 6 nitrogen and oxygen atoms in total. The van der Waals surface area contributed by atoms with Crippen molar-refractivity contribution in [2.45, 2.75) is 6.92 Å². The van der Waals surface area contributed by atoms with Gasteiger partial charge in [0, 0.05) is 0 Å². The van der Waals surface area contributed by atoms with Crippen molar-refractivity contribution >= 4 is 29.7 Å². The Morgan fingerprint density at radius 2 is 1.25 bits per heavy atom. The van der Waals surface area contributed by atoms with Gasteiger partial charge in [0.05, 0.1) is 11.1 Å². The van der Waals surface area contributed by atoms with Crippen LogP contribution < -0.4 is 0 Å². The Kier molecular flexibility index (Phi) is 4.88. The molecule has 0 bridgehead atoms. The molecule has 0 saturated heterocycles. The number of carboxylic acids is 1. The topological polar surface area (TPSA) is 106 Å². The lowest BCUT2D eigenvalue weighted by molar-refractivity contribution is -0.132. The number of carbonyl (C=O) groups is 1. The summed E-state index contributed by atoms with van der Waals surface area (Å²) in [4.78, 5) is 52.0. The van der Waals surface area contributed by atoms with Crippen molar-refractivity contribution in [2.24, 2.45) is 0 Å². The van der Waals surface area contributed by atoms with E-state index >= 15 is 0 Å². The Bertz CT molecular complexity index is 528. The fourth-order valence-corrected chi connectivity index (χ4v) is 0.795. The van der Waals surface area contributed by atoms with E-state index in [4.69, 9.17) is 5.11 Å². The van der Waals surface area contributed by atoms with Crippen LogP contribution in [-0.4, -0.2) is 34.8 Å². The van der Waals surface area contributed by atoms with Crippen molar-refractivity contribution in [1.29, 1.82) is 0 Å². The molecule has 0 aromatic heterocycles. The van der Waals surface area contributed by atoms with Crippen LogP contribution in [0.5, 0.6) is 0 Å². The van der Waals surface area contributed by atoms with E-state index in [-0.39, 0.29) is 5.57 Å². The summed E-state index contributed by atoms with van der Waals surface area (Å²) >= 11 is 0. The molecule has 0 fully saturated rings. The monoisotopic (exact) mass is 220 g/mol. The zero-order valence-corrected chi connectivity index (χ0v) is 7.99. The molecule has 16 heavy (non-hydrogen) atoms. The van der Waals surface area contributed by atoms with Gasteiger partial charge in [-0.25, -0.2) is 24.0 Å². The third-order valence-corrected chi connectivity index (χ3v) is 1.55. The van der Waals surface area contributed by atoms with E-state index in [9.17, 15) is 24.0 Å². The first-order valence-corrected chi connectivity index (χ1v) is 3.74. The molecule has 0 atom stereocenters. The quantitative estimate of drug-likeness (QED) is 0.374. The van der Waals surface area contributed by atoms with Crippen LogP contribution in [0.1, 0.15) is 6.92 Å². The van der Waals surface area contributed by atoms with Crippen LogP contribution in [0.25, 0.3) is 0 Å². The predicted molar refractivity (Wildman–Crippen MR) is 50.1 cm³/mol. The minimum Gasteiger partial charge on any atom is -0.477 e. The minimum absolute atomic E-state index is 0.359. The van der Waals surface area contributed by atoms with Gasteiger partial charge < -0.3 is 5.11 Å². The van der Waals surface area contributed by atoms with Crippen molar-refractivity contribution in [2.75, 3.05) is 0 Å². The highest BCUT2D eigenvalue weighted by atomic mass is 16.4. The average molecular weight is 220 g/mol. The molecule has 0 amide bonds. The van der Waals surface area contributed by atoms with Crippen LogP contribution >= 0.6 is 0 Å². The molecule has 0 radical (unpaired) electrons. The summed E-state index contributed by atoms with van der Waals surface area (Å²) in [5.74, 6) is 2.75. The summed E-state index contributed by atoms with van der Waals surface area (Å²) in [5.41, 5.74) is -3.01. The number of carboxylic acid groups (broad SMARTS) is 1. The number of allylic oxidation sites excluding steroid dienone is 2. The number of aliphatic carboxylic acids is 1. The Morgan fingerprint density at radius 1 is 0.812 bits per heavy atom. The number of carbonyl (C=O) groups excluding carboxylic acids is 4. The van der Waals surface area contributed by atoms with Gasteiger partial charge in [0.1, 0.15) is 29.3 Å². The van der Waals surface area contributed by atoms with Crippen LogP contribution in [0.3, 0.4) is 0 Å². The zero-order chi connectivity index (χ0) is 12.7. The Hall–Kier alpha value is -2.73. The maximum Gasteiger partial charge on any atom is 0.348 e. The van der Waals surface area contributed by atoms with Gasteiger partial charge in [0.15, 0.2) is 5.57 Å². The summed E-state index contributed by atoms with van der Waals surface area (Å²) in [7, 11) is 0. The summed E-state index contributed by atoms with van der Waals surface area (Å²) in [6, 6.07) is 0. The van der Waals surface area contributed by atoms with Gasteiger partial charge in [-0.05, 0) is 6.92 Å². The normalized spacial score (nSPS) is 7.56. The maximum absolute atomic E-state index is 10.5. The summed E-state index contributed by atoms with van der Waals surface area (Å²) < 4.78 is 0. The lowest BCUT2D eigenvalue weighted by Crippen LogP contribution is -2.08. The molecule has 0 aromatic rings. The molecule has 1 N–H and O–H groups in total. The van der Waals surface area contributed by atoms with E-state index in [0.717, 1.165) is 18.8 Å². The van der Waals surface area contributed by atoms with E-state index in [1.807, 2.05) is 0 Å². The highest BCUT2D eigenvalue weighted by Crippen LogP contribution is 2.17. The minimum atomic E-state index is -1.76. The van der Waals surface area contributed by atoms with Gasteiger partial charge in [0.25, 0.3) is 0 Å². The average Bonchev–Trinajstić information content (AvgIpc) is 2.27. The van der Waals surface area contributed by atoms with Gasteiger partial charge in [0.2, 0.25) is 0 Å². The predicted octanol–water partition coefficient (Wildman–Crippen LogP) is -0.877. The largest absolute Gasteiger partial charge is 0.477 e. The van der Waals surface area contributed by atoms with E-state index in [1.165, 1.54) is 11.9 Å². The van der Waals surface area contributed by atoms with Gasteiger partial charge in [-0.3, -0.25) is 0 Å². The molecule has 0 aliphatic carbocycles. The SMILES string of the molecule is CC(=C=O)C(=C=O)C(=C=O)C(=C=O)C(=O)O.